The van der Waals surface area contributed by atoms with Gasteiger partial charge in [-0.3, -0.25) is 4.79 Å². The van der Waals surface area contributed by atoms with Crippen LogP contribution in [0.5, 0.6) is 0 Å². The first-order valence-electron chi connectivity index (χ1n) is 8.10. The molecule has 0 unspecified atom stereocenters. The zero-order valence-electron chi connectivity index (χ0n) is 13.5. The molecule has 0 fully saturated rings. The molecule has 0 aliphatic carbocycles. The third-order valence-electron chi connectivity index (χ3n) is 3.28. The lowest BCUT2D eigenvalue weighted by Gasteiger charge is -2.18. The SMILES string of the molecule is CC(C)C[C@H](CC(=O)O)NCC/C=C/CCCCCC=O. The maximum Gasteiger partial charge on any atom is 0.304 e. The molecular weight excluding hydrogens is 266 g/mol. The maximum atomic E-state index is 10.8. The average Bonchev–Trinajstić information content (AvgIpc) is 2.39. The highest BCUT2D eigenvalue weighted by Crippen LogP contribution is 2.08. The van der Waals surface area contributed by atoms with Crippen LogP contribution in [0.15, 0.2) is 12.2 Å². The van der Waals surface area contributed by atoms with Crippen LogP contribution in [0.25, 0.3) is 0 Å². The fourth-order valence-electron chi connectivity index (χ4n) is 2.29. The normalized spacial score (nSPS) is 12.9. The van der Waals surface area contributed by atoms with Gasteiger partial charge in [-0.15, -0.1) is 0 Å². The summed E-state index contributed by atoms with van der Waals surface area (Å²) in [4.78, 5) is 20.9. The predicted octanol–water partition coefficient (Wildman–Crippen LogP) is 3.56. The molecule has 21 heavy (non-hydrogen) atoms. The van der Waals surface area contributed by atoms with Crippen molar-refractivity contribution < 1.29 is 14.7 Å². The molecule has 0 aromatic rings. The van der Waals surface area contributed by atoms with E-state index in [1.165, 1.54) is 0 Å². The number of carboxylic acids is 1. The molecule has 2 N–H and O–H groups in total. The molecule has 122 valence electrons. The number of aldehydes is 1. The number of hydrogen-bond acceptors (Lipinski definition) is 3. The van der Waals surface area contributed by atoms with Crippen molar-refractivity contribution in [3.8, 4) is 0 Å². The highest BCUT2D eigenvalue weighted by Gasteiger charge is 2.13. The van der Waals surface area contributed by atoms with Crippen LogP contribution in [0.2, 0.25) is 0 Å². The lowest BCUT2D eigenvalue weighted by molar-refractivity contribution is -0.137. The first-order chi connectivity index (χ1) is 10.1. The third-order valence-corrected chi connectivity index (χ3v) is 3.28. The fraction of sp³-hybridized carbons (Fsp3) is 0.765. The first-order valence-corrected chi connectivity index (χ1v) is 8.10. The Balaban J connectivity index is 3.64. The van der Waals surface area contributed by atoms with Gasteiger partial charge in [0.15, 0.2) is 0 Å². The molecule has 4 nitrogen and oxygen atoms in total. The summed E-state index contributed by atoms with van der Waals surface area (Å²) in [5.41, 5.74) is 0. The maximum absolute atomic E-state index is 10.8. The van der Waals surface area contributed by atoms with Gasteiger partial charge in [0, 0.05) is 12.5 Å². The number of unbranched alkanes of at least 4 members (excludes halogenated alkanes) is 4. The Bertz CT molecular complexity index is 300. The predicted molar refractivity (Wildman–Crippen MR) is 86.4 cm³/mol. The Morgan fingerprint density at radius 3 is 2.38 bits per heavy atom. The van der Waals surface area contributed by atoms with Gasteiger partial charge >= 0.3 is 5.97 Å². The number of hydrogen-bond donors (Lipinski definition) is 2. The van der Waals surface area contributed by atoms with Gasteiger partial charge < -0.3 is 15.2 Å². The second-order valence-electron chi connectivity index (χ2n) is 5.94. The van der Waals surface area contributed by atoms with Gasteiger partial charge in [0.1, 0.15) is 6.29 Å². The van der Waals surface area contributed by atoms with E-state index < -0.39 is 5.97 Å². The largest absolute Gasteiger partial charge is 0.481 e. The molecule has 0 rings (SSSR count). The number of aliphatic carboxylic acids is 1. The van der Waals surface area contributed by atoms with Crippen molar-refractivity contribution in [2.75, 3.05) is 6.54 Å². The fourth-order valence-corrected chi connectivity index (χ4v) is 2.29. The van der Waals surface area contributed by atoms with Crippen molar-refractivity contribution in [3.05, 3.63) is 12.2 Å². The minimum absolute atomic E-state index is 0.0687. The first kappa shape index (κ1) is 19.8. The Morgan fingerprint density at radius 2 is 1.76 bits per heavy atom. The van der Waals surface area contributed by atoms with E-state index in [4.69, 9.17) is 5.11 Å². The van der Waals surface area contributed by atoms with Gasteiger partial charge in [-0.2, -0.15) is 0 Å². The standard InChI is InChI=1S/C17H31NO3/c1-15(2)13-16(14-17(20)21)18-11-9-7-5-3-4-6-8-10-12-19/h5,7,12,15-16,18H,3-4,6,8-11,13-14H2,1-2H3,(H,20,21)/b7-5+/t16-/m1/s1. The number of carboxylic acid groups (broad SMARTS) is 1. The van der Waals surface area contributed by atoms with Gasteiger partial charge in [0.2, 0.25) is 0 Å². The van der Waals surface area contributed by atoms with Crippen molar-refractivity contribution in [1.29, 1.82) is 0 Å². The molecule has 0 bridgehead atoms. The van der Waals surface area contributed by atoms with Crippen molar-refractivity contribution in [1.82, 2.24) is 5.32 Å². The van der Waals surface area contributed by atoms with Crippen LogP contribution in [-0.2, 0) is 9.59 Å². The van der Waals surface area contributed by atoms with Gasteiger partial charge in [0.25, 0.3) is 0 Å². The quantitative estimate of drug-likeness (QED) is 0.292. The zero-order chi connectivity index (χ0) is 15.9. The summed E-state index contributed by atoms with van der Waals surface area (Å²) in [5.74, 6) is -0.234. The molecule has 4 heteroatoms. The minimum atomic E-state index is -0.737. The van der Waals surface area contributed by atoms with E-state index in [0.29, 0.717) is 12.3 Å². The van der Waals surface area contributed by atoms with Crippen molar-refractivity contribution >= 4 is 12.3 Å². The van der Waals surface area contributed by atoms with Crippen LogP contribution >= 0.6 is 0 Å². The van der Waals surface area contributed by atoms with E-state index in [1.807, 2.05) is 0 Å². The molecule has 0 saturated carbocycles. The number of carbonyl (C=O) groups excluding carboxylic acids is 1. The van der Waals surface area contributed by atoms with E-state index in [0.717, 1.165) is 51.4 Å². The topological polar surface area (TPSA) is 66.4 Å². The molecule has 0 aliphatic heterocycles. The zero-order valence-corrected chi connectivity index (χ0v) is 13.5. The molecule has 0 aliphatic rings. The molecule has 0 amide bonds. The summed E-state index contributed by atoms with van der Waals surface area (Å²) in [6.45, 7) is 5.05. The number of nitrogens with one attached hydrogen (secondary N) is 1. The molecule has 0 aromatic carbocycles. The highest BCUT2D eigenvalue weighted by atomic mass is 16.4. The summed E-state index contributed by atoms with van der Waals surface area (Å²) in [5, 5.41) is 12.2. The van der Waals surface area contributed by atoms with Crippen LogP contribution in [0.1, 0.15) is 65.2 Å². The van der Waals surface area contributed by atoms with Gasteiger partial charge in [-0.1, -0.05) is 32.4 Å². The Labute approximate surface area is 129 Å². The number of allylic oxidation sites excluding steroid dienone is 1. The lowest BCUT2D eigenvalue weighted by Crippen LogP contribution is -2.33. The summed E-state index contributed by atoms with van der Waals surface area (Å²) >= 11 is 0. The van der Waals surface area contributed by atoms with Crippen LogP contribution in [0.3, 0.4) is 0 Å². The Morgan fingerprint density at radius 1 is 1.10 bits per heavy atom. The molecule has 0 saturated heterocycles. The second kappa shape index (κ2) is 13.8. The third kappa shape index (κ3) is 15.1. The van der Waals surface area contributed by atoms with Gasteiger partial charge in [-0.25, -0.2) is 0 Å². The smallest absolute Gasteiger partial charge is 0.304 e. The monoisotopic (exact) mass is 297 g/mol. The average molecular weight is 297 g/mol. The van der Waals surface area contributed by atoms with Crippen molar-refractivity contribution in [2.24, 2.45) is 5.92 Å². The molecule has 0 aromatic heterocycles. The molecule has 0 spiro atoms. The van der Waals surface area contributed by atoms with Crippen LogP contribution < -0.4 is 5.32 Å². The van der Waals surface area contributed by atoms with Crippen LogP contribution in [0.4, 0.5) is 0 Å². The Hall–Kier alpha value is -1.16. The molecule has 1 atom stereocenters. The van der Waals surface area contributed by atoms with Gasteiger partial charge in [-0.05, 0) is 44.6 Å². The number of rotatable bonds is 14. The van der Waals surface area contributed by atoms with E-state index in [9.17, 15) is 9.59 Å². The van der Waals surface area contributed by atoms with E-state index in [2.05, 4.69) is 31.3 Å². The summed E-state index contributed by atoms with van der Waals surface area (Å²) < 4.78 is 0. The minimum Gasteiger partial charge on any atom is -0.481 e. The molecular formula is C17H31NO3. The second-order valence-corrected chi connectivity index (χ2v) is 5.94. The molecule has 0 heterocycles. The van der Waals surface area contributed by atoms with Crippen molar-refractivity contribution in [3.63, 3.8) is 0 Å². The van der Waals surface area contributed by atoms with E-state index in [-0.39, 0.29) is 12.5 Å². The lowest BCUT2D eigenvalue weighted by atomic mass is 10.0. The number of carbonyl (C=O) groups is 2. The summed E-state index contributed by atoms with van der Waals surface area (Å²) in [6.07, 6.45) is 12.3. The van der Waals surface area contributed by atoms with E-state index in [1.54, 1.807) is 0 Å². The van der Waals surface area contributed by atoms with Crippen LogP contribution in [0, 0.1) is 5.92 Å². The van der Waals surface area contributed by atoms with Crippen molar-refractivity contribution in [2.45, 2.75) is 71.3 Å². The summed E-state index contributed by atoms with van der Waals surface area (Å²) in [7, 11) is 0. The highest BCUT2D eigenvalue weighted by molar-refractivity contribution is 5.67. The van der Waals surface area contributed by atoms with Gasteiger partial charge in [0.05, 0.1) is 6.42 Å². The van der Waals surface area contributed by atoms with E-state index >= 15 is 0 Å². The summed E-state index contributed by atoms with van der Waals surface area (Å²) in [6, 6.07) is 0.0687. The molecule has 0 radical (unpaired) electrons. The Kier molecular flexibility index (Phi) is 13.0. The van der Waals surface area contributed by atoms with Crippen LogP contribution in [-0.4, -0.2) is 29.9 Å².